The number of hydrogen-bond acceptors (Lipinski definition) is 3. The summed E-state index contributed by atoms with van der Waals surface area (Å²) in [4.78, 5) is 28.4. The summed E-state index contributed by atoms with van der Waals surface area (Å²) in [6.07, 6.45) is 2.20. The van der Waals surface area contributed by atoms with Crippen molar-refractivity contribution in [1.82, 2.24) is 4.57 Å². The minimum atomic E-state index is 0.0192. The van der Waals surface area contributed by atoms with Crippen molar-refractivity contribution >= 4 is 22.4 Å². The Morgan fingerprint density at radius 2 is 1.52 bits per heavy atom. The van der Waals surface area contributed by atoms with E-state index in [0.29, 0.717) is 11.1 Å². The van der Waals surface area contributed by atoms with E-state index in [4.69, 9.17) is 0 Å². The van der Waals surface area contributed by atoms with E-state index in [1.54, 1.807) is 11.6 Å². The van der Waals surface area contributed by atoms with Gasteiger partial charge in [0.1, 0.15) is 5.69 Å². The second-order valence-electron chi connectivity index (χ2n) is 6.86. The van der Waals surface area contributed by atoms with Gasteiger partial charge < -0.3 is 9.47 Å². The highest BCUT2D eigenvalue weighted by atomic mass is 16.1. The van der Waals surface area contributed by atoms with Crippen molar-refractivity contribution in [3.63, 3.8) is 0 Å². The molecule has 1 aromatic heterocycles. The van der Waals surface area contributed by atoms with Crippen LogP contribution in [0.3, 0.4) is 0 Å². The number of aromatic nitrogens is 1. The molecule has 0 unspecified atom stereocenters. The van der Waals surface area contributed by atoms with Gasteiger partial charge in [-0.05, 0) is 24.5 Å². The Bertz CT molecular complexity index is 1100. The molecule has 25 heavy (non-hydrogen) atoms. The van der Waals surface area contributed by atoms with Crippen molar-refractivity contribution in [3.05, 3.63) is 63.9 Å². The van der Waals surface area contributed by atoms with Crippen LogP contribution in [-0.2, 0) is 7.05 Å². The van der Waals surface area contributed by atoms with E-state index in [9.17, 15) is 9.59 Å². The molecule has 2 aromatic carbocycles. The van der Waals surface area contributed by atoms with E-state index < -0.39 is 0 Å². The number of fused-ring (bicyclic) bond motifs is 2. The van der Waals surface area contributed by atoms with Crippen molar-refractivity contribution in [3.8, 4) is 11.1 Å². The van der Waals surface area contributed by atoms with Crippen LogP contribution in [0, 0.1) is 0 Å². The van der Waals surface area contributed by atoms with E-state index in [2.05, 4.69) is 4.90 Å². The molecule has 4 heteroatoms. The molecule has 0 spiro atoms. The highest BCUT2D eigenvalue weighted by Gasteiger charge is 2.31. The summed E-state index contributed by atoms with van der Waals surface area (Å²) < 4.78 is 1.69. The predicted molar refractivity (Wildman–Crippen MR) is 99.5 cm³/mol. The van der Waals surface area contributed by atoms with E-state index in [-0.39, 0.29) is 11.3 Å². The molecular weight excluding hydrogens is 312 g/mol. The van der Waals surface area contributed by atoms with Gasteiger partial charge in [-0.15, -0.1) is 0 Å². The molecule has 0 atom stereocenters. The number of nitrogens with zero attached hydrogens (tertiary/aromatic N) is 2. The zero-order valence-corrected chi connectivity index (χ0v) is 14.1. The van der Waals surface area contributed by atoms with Crippen LogP contribution >= 0.6 is 0 Å². The molecule has 124 valence electrons. The second-order valence-corrected chi connectivity index (χ2v) is 6.86. The van der Waals surface area contributed by atoms with Crippen molar-refractivity contribution in [1.29, 1.82) is 0 Å². The van der Waals surface area contributed by atoms with Crippen LogP contribution in [0.2, 0.25) is 0 Å². The number of ketones is 1. The Kier molecular flexibility index (Phi) is 2.93. The number of carbonyl (C=O) groups excluding carboxylic acids is 1. The van der Waals surface area contributed by atoms with Crippen LogP contribution in [0.5, 0.6) is 0 Å². The molecule has 1 saturated heterocycles. The molecule has 0 saturated carbocycles. The van der Waals surface area contributed by atoms with Gasteiger partial charge in [-0.1, -0.05) is 36.4 Å². The molecule has 1 aliphatic heterocycles. The Morgan fingerprint density at radius 1 is 0.840 bits per heavy atom. The SMILES string of the molecule is Cn1c(=O)c(N2CCCC2)c2c3c(cccc31)C(=O)c1ccccc1-2. The van der Waals surface area contributed by atoms with Gasteiger partial charge in [0.2, 0.25) is 0 Å². The minimum absolute atomic E-state index is 0.0192. The Balaban J connectivity index is 2.03. The molecule has 5 rings (SSSR count). The fourth-order valence-electron chi connectivity index (χ4n) is 4.31. The summed E-state index contributed by atoms with van der Waals surface area (Å²) in [7, 11) is 1.80. The standard InChI is InChI=1S/C21H18N2O2/c1-22-16-10-6-9-15-17(16)18(13-7-2-3-8-14(13)20(15)24)19(21(22)25)23-11-4-5-12-23/h2-3,6-10H,4-5,11-12H2,1H3. The summed E-state index contributed by atoms with van der Waals surface area (Å²) in [5, 5.41) is 0.912. The van der Waals surface area contributed by atoms with Crippen LogP contribution in [0.15, 0.2) is 47.3 Å². The number of benzene rings is 2. The molecule has 1 fully saturated rings. The predicted octanol–water partition coefficient (Wildman–Crippen LogP) is 3.35. The van der Waals surface area contributed by atoms with Crippen LogP contribution in [0.1, 0.15) is 28.8 Å². The van der Waals surface area contributed by atoms with Crippen molar-refractivity contribution in [2.75, 3.05) is 18.0 Å². The third-order valence-electron chi connectivity index (χ3n) is 5.51. The summed E-state index contributed by atoms with van der Waals surface area (Å²) >= 11 is 0. The largest absolute Gasteiger partial charge is 0.367 e. The van der Waals surface area contributed by atoms with Crippen molar-refractivity contribution < 1.29 is 4.79 Å². The summed E-state index contributed by atoms with van der Waals surface area (Å²) in [6, 6.07) is 13.3. The van der Waals surface area contributed by atoms with Gasteiger partial charge in [0, 0.05) is 42.2 Å². The van der Waals surface area contributed by atoms with E-state index in [1.807, 2.05) is 42.5 Å². The van der Waals surface area contributed by atoms with Crippen LogP contribution in [-0.4, -0.2) is 23.4 Å². The Morgan fingerprint density at radius 3 is 2.28 bits per heavy atom. The maximum atomic E-state index is 13.2. The number of aryl methyl sites for hydroxylation is 1. The van der Waals surface area contributed by atoms with Gasteiger partial charge in [0.05, 0.1) is 5.52 Å². The number of carbonyl (C=O) groups is 1. The lowest BCUT2D eigenvalue weighted by Gasteiger charge is -2.27. The molecule has 2 aliphatic rings. The van der Waals surface area contributed by atoms with Gasteiger partial charge >= 0.3 is 0 Å². The molecule has 1 aliphatic carbocycles. The van der Waals surface area contributed by atoms with Crippen molar-refractivity contribution in [2.45, 2.75) is 12.8 Å². The molecule has 0 bridgehead atoms. The molecule has 3 aromatic rings. The number of pyridine rings is 1. The van der Waals surface area contributed by atoms with Gasteiger partial charge in [0.15, 0.2) is 5.78 Å². The fourth-order valence-corrected chi connectivity index (χ4v) is 4.31. The first-order valence-electron chi connectivity index (χ1n) is 8.73. The second kappa shape index (κ2) is 5.06. The zero-order valence-electron chi connectivity index (χ0n) is 14.1. The third kappa shape index (κ3) is 1.82. The third-order valence-corrected chi connectivity index (χ3v) is 5.51. The van der Waals surface area contributed by atoms with Crippen LogP contribution in [0.25, 0.3) is 22.0 Å². The molecule has 0 N–H and O–H groups in total. The van der Waals surface area contributed by atoms with Gasteiger partial charge in [0.25, 0.3) is 5.56 Å². The quantitative estimate of drug-likeness (QED) is 0.537. The number of rotatable bonds is 1. The lowest BCUT2D eigenvalue weighted by molar-refractivity contribution is 0.104. The highest BCUT2D eigenvalue weighted by Crippen LogP contribution is 2.43. The van der Waals surface area contributed by atoms with Crippen molar-refractivity contribution in [2.24, 2.45) is 7.05 Å². The van der Waals surface area contributed by atoms with E-state index in [1.165, 1.54) is 0 Å². The van der Waals surface area contributed by atoms with E-state index >= 15 is 0 Å². The molecule has 0 amide bonds. The maximum absolute atomic E-state index is 13.2. The number of anilines is 1. The average Bonchev–Trinajstić information content (AvgIpc) is 3.17. The monoisotopic (exact) mass is 330 g/mol. The summed E-state index contributed by atoms with van der Waals surface area (Å²) in [5.41, 5.74) is 4.80. The smallest absolute Gasteiger partial charge is 0.274 e. The summed E-state index contributed by atoms with van der Waals surface area (Å²) in [5.74, 6) is 0.0414. The molecule has 0 radical (unpaired) electrons. The van der Waals surface area contributed by atoms with Gasteiger partial charge in [-0.3, -0.25) is 9.59 Å². The Hall–Kier alpha value is -2.88. The van der Waals surface area contributed by atoms with Gasteiger partial charge in [-0.25, -0.2) is 0 Å². The first kappa shape index (κ1) is 14.5. The topological polar surface area (TPSA) is 42.3 Å². The first-order valence-corrected chi connectivity index (χ1v) is 8.73. The highest BCUT2D eigenvalue weighted by molar-refractivity contribution is 6.26. The molecular formula is C21H18N2O2. The zero-order chi connectivity index (χ0) is 17.1. The maximum Gasteiger partial charge on any atom is 0.274 e. The lowest BCUT2D eigenvalue weighted by Crippen LogP contribution is -2.31. The molecule has 2 heterocycles. The van der Waals surface area contributed by atoms with E-state index in [0.717, 1.165) is 53.6 Å². The lowest BCUT2D eigenvalue weighted by atomic mass is 9.83. The molecule has 4 nitrogen and oxygen atoms in total. The number of hydrogen-bond donors (Lipinski definition) is 0. The fraction of sp³-hybridized carbons (Fsp3) is 0.238. The summed E-state index contributed by atoms with van der Waals surface area (Å²) in [6.45, 7) is 1.79. The average molecular weight is 330 g/mol. The Labute approximate surface area is 145 Å². The van der Waals surface area contributed by atoms with Crippen LogP contribution < -0.4 is 10.5 Å². The normalized spacial score (nSPS) is 15.7. The minimum Gasteiger partial charge on any atom is -0.367 e. The van der Waals surface area contributed by atoms with Gasteiger partial charge in [-0.2, -0.15) is 0 Å². The van der Waals surface area contributed by atoms with Crippen LogP contribution in [0.4, 0.5) is 5.69 Å². The first-order chi connectivity index (χ1) is 12.2.